The Morgan fingerprint density at radius 2 is 2.17 bits per heavy atom. The van der Waals surface area contributed by atoms with Crippen LogP contribution in [0.5, 0.6) is 0 Å². The number of hydrogen-bond donors (Lipinski definition) is 1. The first-order chi connectivity index (χ1) is 11.1. The van der Waals surface area contributed by atoms with Crippen LogP contribution in [-0.2, 0) is 24.2 Å². The number of aryl methyl sites for hydroxylation is 1. The van der Waals surface area contributed by atoms with Crippen molar-refractivity contribution in [2.24, 2.45) is 0 Å². The Balaban J connectivity index is 1.50. The highest BCUT2D eigenvalue weighted by Gasteiger charge is 2.24. The van der Waals surface area contributed by atoms with Crippen LogP contribution in [0.15, 0.2) is 28.8 Å². The maximum atomic E-state index is 12.3. The molecule has 122 valence electrons. The smallest absolute Gasteiger partial charge is 0.237 e. The number of aromatic nitrogens is 2. The van der Waals surface area contributed by atoms with Crippen LogP contribution in [-0.4, -0.2) is 40.1 Å². The summed E-state index contributed by atoms with van der Waals surface area (Å²) >= 11 is 0. The molecule has 1 aliphatic rings. The van der Waals surface area contributed by atoms with E-state index in [1.54, 1.807) is 6.92 Å². The Morgan fingerprint density at radius 1 is 1.39 bits per heavy atom. The summed E-state index contributed by atoms with van der Waals surface area (Å²) < 4.78 is 5.04. The van der Waals surface area contributed by atoms with Gasteiger partial charge in [-0.3, -0.25) is 9.69 Å². The molecule has 23 heavy (non-hydrogen) atoms. The lowest BCUT2D eigenvalue weighted by molar-refractivity contribution is -0.126. The zero-order valence-corrected chi connectivity index (χ0v) is 13.6. The van der Waals surface area contributed by atoms with E-state index in [4.69, 9.17) is 4.52 Å². The Bertz CT molecular complexity index is 683. The van der Waals surface area contributed by atoms with Gasteiger partial charge < -0.3 is 9.84 Å². The molecule has 0 fully saturated rings. The van der Waals surface area contributed by atoms with Crippen molar-refractivity contribution in [2.75, 3.05) is 13.1 Å². The lowest BCUT2D eigenvalue weighted by Crippen LogP contribution is -2.47. The van der Waals surface area contributed by atoms with Gasteiger partial charge in [0.25, 0.3) is 0 Å². The molecule has 1 aromatic carbocycles. The first kappa shape index (κ1) is 15.7. The van der Waals surface area contributed by atoms with Crippen LogP contribution in [0, 0.1) is 6.92 Å². The molecule has 1 N–H and O–H groups in total. The van der Waals surface area contributed by atoms with E-state index in [9.17, 15) is 4.79 Å². The van der Waals surface area contributed by atoms with Gasteiger partial charge in [0.2, 0.25) is 11.8 Å². The van der Waals surface area contributed by atoms with Gasteiger partial charge in [-0.1, -0.05) is 29.4 Å². The molecule has 1 aliphatic heterocycles. The van der Waals surface area contributed by atoms with Gasteiger partial charge in [-0.15, -0.1) is 0 Å². The molecule has 1 aromatic heterocycles. The summed E-state index contributed by atoms with van der Waals surface area (Å²) in [6.45, 7) is 5.99. The van der Waals surface area contributed by atoms with Crippen LogP contribution in [0.4, 0.5) is 0 Å². The van der Waals surface area contributed by atoms with Crippen LogP contribution in [0.1, 0.15) is 29.8 Å². The van der Waals surface area contributed by atoms with Gasteiger partial charge in [-0.2, -0.15) is 4.98 Å². The molecule has 1 unspecified atom stereocenters. The maximum Gasteiger partial charge on any atom is 0.237 e. The molecule has 2 aromatic rings. The Hall–Kier alpha value is -2.21. The SMILES string of the molecule is Cc1noc(CCNC(=O)C(C)N2CCc3ccccc3C2)n1. The summed E-state index contributed by atoms with van der Waals surface area (Å²) in [4.78, 5) is 18.7. The summed E-state index contributed by atoms with van der Waals surface area (Å²) in [6, 6.07) is 8.30. The molecule has 0 radical (unpaired) electrons. The lowest BCUT2D eigenvalue weighted by Gasteiger charge is -2.32. The number of nitrogens with one attached hydrogen (secondary N) is 1. The van der Waals surface area contributed by atoms with Crippen molar-refractivity contribution in [3.8, 4) is 0 Å². The minimum atomic E-state index is -0.146. The summed E-state index contributed by atoms with van der Waals surface area (Å²) in [5.41, 5.74) is 2.71. The number of carbonyl (C=O) groups excluding carboxylic acids is 1. The third-order valence-electron chi connectivity index (χ3n) is 4.30. The fraction of sp³-hybridized carbons (Fsp3) is 0.471. The van der Waals surface area contributed by atoms with Crippen LogP contribution in [0.25, 0.3) is 0 Å². The highest BCUT2D eigenvalue weighted by molar-refractivity contribution is 5.81. The standard InChI is InChI=1S/C17H22N4O2/c1-12(17(22)18-9-7-16-19-13(2)20-23-16)21-10-8-14-5-3-4-6-15(14)11-21/h3-6,12H,7-11H2,1-2H3,(H,18,22). The van der Waals surface area contributed by atoms with Gasteiger partial charge in [0, 0.05) is 26.1 Å². The minimum Gasteiger partial charge on any atom is -0.354 e. The van der Waals surface area contributed by atoms with Crippen LogP contribution in [0.2, 0.25) is 0 Å². The number of benzene rings is 1. The summed E-state index contributed by atoms with van der Waals surface area (Å²) in [7, 11) is 0. The largest absolute Gasteiger partial charge is 0.354 e. The van der Waals surface area contributed by atoms with Crippen molar-refractivity contribution in [1.29, 1.82) is 0 Å². The lowest BCUT2D eigenvalue weighted by atomic mass is 9.99. The number of hydrogen-bond acceptors (Lipinski definition) is 5. The third kappa shape index (κ3) is 3.76. The van der Waals surface area contributed by atoms with Gasteiger partial charge in [0.05, 0.1) is 6.04 Å². The number of fused-ring (bicyclic) bond motifs is 1. The normalized spacial score (nSPS) is 15.9. The summed E-state index contributed by atoms with van der Waals surface area (Å²) in [5, 5.41) is 6.69. The van der Waals surface area contributed by atoms with Crippen molar-refractivity contribution in [3.05, 3.63) is 47.1 Å². The fourth-order valence-corrected chi connectivity index (χ4v) is 2.90. The van der Waals surface area contributed by atoms with Crippen molar-refractivity contribution in [2.45, 2.75) is 39.3 Å². The first-order valence-electron chi connectivity index (χ1n) is 8.01. The third-order valence-corrected chi connectivity index (χ3v) is 4.30. The monoisotopic (exact) mass is 314 g/mol. The molecule has 0 spiro atoms. The quantitative estimate of drug-likeness (QED) is 0.905. The van der Waals surface area contributed by atoms with E-state index in [0.717, 1.165) is 19.5 Å². The molecule has 6 nitrogen and oxygen atoms in total. The van der Waals surface area contributed by atoms with Crippen LogP contribution >= 0.6 is 0 Å². The molecule has 0 bridgehead atoms. The number of amides is 1. The zero-order valence-electron chi connectivity index (χ0n) is 13.6. The number of rotatable bonds is 5. The number of nitrogens with zero attached hydrogens (tertiary/aromatic N) is 3. The Labute approximate surface area is 135 Å². The summed E-state index contributed by atoms with van der Waals surface area (Å²) in [6.07, 6.45) is 1.55. The molecule has 3 rings (SSSR count). The van der Waals surface area contributed by atoms with E-state index < -0.39 is 0 Å². The molecule has 0 saturated heterocycles. The molecule has 1 amide bonds. The fourth-order valence-electron chi connectivity index (χ4n) is 2.90. The Morgan fingerprint density at radius 3 is 2.91 bits per heavy atom. The first-order valence-corrected chi connectivity index (χ1v) is 8.01. The van der Waals surface area contributed by atoms with Gasteiger partial charge in [0.15, 0.2) is 5.82 Å². The summed E-state index contributed by atoms with van der Waals surface area (Å²) in [5.74, 6) is 1.22. The van der Waals surface area contributed by atoms with Crippen molar-refractivity contribution in [1.82, 2.24) is 20.4 Å². The molecular formula is C17H22N4O2. The molecule has 2 heterocycles. The average Bonchev–Trinajstić information content (AvgIpc) is 2.99. The van der Waals surface area contributed by atoms with Crippen LogP contribution in [0.3, 0.4) is 0 Å². The van der Waals surface area contributed by atoms with Gasteiger partial charge >= 0.3 is 0 Å². The topological polar surface area (TPSA) is 71.3 Å². The molecule has 0 aliphatic carbocycles. The van der Waals surface area contributed by atoms with E-state index in [2.05, 4.69) is 44.6 Å². The van der Waals surface area contributed by atoms with Crippen LogP contribution < -0.4 is 5.32 Å². The van der Waals surface area contributed by atoms with E-state index >= 15 is 0 Å². The second-order valence-electron chi connectivity index (χ2n) is 5.94. The zero-order chi connectivity index (χ0) is 16.2. The minimum absolute atomic E-state index is 0.0422. The second-order valence-corrected chi connectivity index (χ2v) is 5.94. The predicted molar refractivity (Wildman–Crippen MR) is 85.8 cm³/mol. The second kappa shape index (κ2) is 6.91. The van der Waals surface area contributed by atoms with E-state index in [0.29, 0.717) is 24.7 Å². The number of carbonyl (C=O) groups is 1. The van der Waals surface area contributed by atoms with Gasteiger partial charge in [0.1, 0.15) is 0 Å². The van der Waals surface area contributed by atoms with E-state index in [1.807, 2.05) is 6.92 Å². The van der Waals surface area contributed by atoms with Crippen molar-refractivity contribution in [3.63, 3.8) is 0 Å². The highest BCUT2D eigenvalue weighted by atomic mass is 16.5. The Kier molecular flexibility index (Phi) is 4.71. The molecule has 6 heteroatoms. The highest BCUT2D eigenvalue weighted by Crippen LogP contribution is 2.20. The van der Waals surface area contributed by atoms with Gasteiger partial charge in [-0.25, -0.2) is 0 Å². The van der Waals surface area contributed by atoms with Gasteiger partial charge in [-0.05, 0) is 31.4 Å². The van der Waals surface area contributed by atoms with E-state index in [1.165, 1.54) is 11.1 Å². The maximum absolute atomic E-state index is 12.3. The average molecular weight is 314 g/mol. The predicted octanol–water partition coefficient (Wildman–Crippen LogP) is 1.48. The van der Waals surface area contributed by atoms with E-state index in [-0.39, 0.29) is 11.9 Å². The molecular weight excluding hydrogens is 292 g/mol. The molecule has 1 atom stereocenters. The van der Waals surface area contributed by atoms with Crippen molar-refractivity contribution < 1.29 is 9.32 Å². The molecule has 0 saturated carbocycles. The van der Waals surface area contributed by atoms with Crippen molar-refractivity contribution >= 4 is 5.91 Å².